The molecule has 0 aliphatic carbocycles. The molecule has 8 heteroatoms. The van der Waals surface area contributed by atoms with Crippen LogP contribution in [0.15, 0.2) is 47.1 Å². The number of furan rings is 1. The summed E-state index contributed by atoms with van der Waals surface area (Å²) in [5, 5.41) is 0. The molecule has 0 unspecified atom stereocenters. The molecule has 2 aliphatic rings. The van der Waals surface area contributed by atoms with Crippen molar-refractivity contribution in [2.24, 2.45) is 0 Å². The third-order valence-corrected chi connectivity index (χ3v) is 6.05. The van der Waals surface area contributed by atoms with Gasteiger partial charge in [-0.3, -0.25) is 4.79 Å². The normalized spacial score (nSPS) is 16.7. The number of benzene rings is 1. The lowest BCUT2D eigenvalue weighted by Crippen LogP contribution is -2.45. The molecule has 4 heterocycles. The van der Waals surface area contributed by atoms with Crippen LogP contribution in [0.1, 0.15) is 27.4 Å². The van der Waals surface area contributed by atoms with Crippen LogP contribution in [0.2, 0.25) is 0 Å². The molecule has 1 aromatic carbocycles. The molecular weight excluding hydrogens is 406 g/mol. The number of carbonyl (C=O) groups excluding carboxylic acids is 1. The molecule has 3 aromatic rings. The van der Waals surface area contributed by atoms with Gasteiger partial charge in [0.05, 0.1) is 24.1 Å². The molecule has 0 spiro atoms. The van der Waals surface area contributed by atoms with Crippen molar-refractivity contribution in [1.82, 2.24) is 19.8 Å². The number of fused-ring (bicyclic) bond motifs is 1. The van der Waals surface area contributed by atoms with Crippen molar-refractivity contribution in [2.75, 3.05) is 44.7 Å². The summed E-state index contributed by atoms with van der Waals surface area (Å²) in [5.74, 6) is 2.14. The molecule has 1 amide bonds. The van der Waals surface area contributed by atoms with Crippen LogP contribution in [-0.4, -0.2) is 65.4 Å². The van der Waals surface area contributed by atoms with Crippen molar-refractivity contribution in [3.05, 3.63) is 65.2 Å². The molecule has 0 saturated carbocycles. The Bertz CT molecular complexity index is 1090. The van der Waals surface area contributed by atoms with Gasteiger partial charge in [-0.25, -0.2) is 4.98 Å². The number of carbonyl (C=O) groups is 1. The quantitative estimate of drug-likeness (QED) is 0.626. The SMILES string of the molecule is Cc1ccc(Oc2nc(N3CCN(C)CC3)nc3c2CN(C(=O)c2ccco2)CC3)cc1. The Balaban J connectivity index is 1.48. The molecule has 2 aliphatic heterocycles. The number of hydrogen-bond acceptors (Lipinski definition) is 7. The van der Waals surface area contributed by atoms with E-state index in [1.165, 1.54) is 6.26 Å². The Kier molecular flexibility index (Phi) is 5.53. The number of aromatic nitrogens is 2. The fraction of sp³-hybridized carbons (Fsp3) is 0.375. The highest BCUT2D eigenvalue weighted by molar-refractivity contribution is 5.91. The highest BCUT2D eigenvalue weighted by Gasteiger charge is 2.29. The van der Waals surface area contributed by atoms with Crippen LogP contribution in [0.4, 0.5) is 5.95 Å². The number of nitrogens with zero attached hydrogens (tertiary/aromatic N) is 5. The van der Waals surface area contributed by atoms with Gasteiger partial charge < -0.3 is 23.9 Å². The number of ether oxygens (including phenoxy) is 1. The number of piperazine rings is 1. The van der Waals surface area contributed by atoms with Crippen LogP contribution in [0, 0.1) is 6.92 Å². The van der Waals surface area contributed by atoms with Crippen LogP contribution in [-0.2, 0) is 13.0 Å². The van der Waals surface area contributed by atoms with Gasteiger partial charge in [-0.2, -0.15) is 4.98 Å². The number of amides is 1. The largest absolute Gasteiger partial charge is 0.459 e. The maximum absolute atomic E-state index is 12.9. The Hall–Kier alpha value is -3.39. The van der Waals surface area contributed by atoms with E-state index in [1.54, 1.807) is 17.0 Å². The standard InChI is InChI=1S/C24H27N5O3/c1-17-5-7-18(8-6-17)32-22-19-16-29(23(30)21-4-3-15-31-21)10-9-20(19)25-24(26-22)28-13-11-27(2)12-14-28/h3-8,15H,9-14,16H2,1-2H3. The topological polar surface area (TPSA) is 74.9 Å². The molecule has 2 aromatic heterocycles. The maximum atomic E-state index is 12.9. The summed E-state index contributed by atoms with van der Waals surface area (Å²) in [7, 11) is 2.13. The second kappa shape index (κ2) is 8.63. The molecule has 0 N–H and O–H groups in total. The summed E-state index contributed by atoms with van der Waals surface area (Å²) in [5.41, 5.74) is 2.96. The van der Waals surface area contributed by atoms with Crippen molar-refractivity contribution >= 4 is 11.9 Å². The van der Waals surface area contributed by atoms with E-state index in [9.17, 15) is 4.79 Å². The van der Waals surface area contributed by atoms with Gasteiger partial charge in [0.25, 0.3) is 5.91 Å². The zero-order valence-corrected chi connectivity index (χ0v) is 18.5. The first-order valence-corrected chi connectivity index (χ1v) is 11.0. The van der Waals surface area contributed by atoms with Gasteiger partial charge in [-0.15, -0.1) is 0 Å². The van der Waals surface area contributed by atoms with Gasteiger partial charge >= 0.3 is 0 Å². The molecule has 1 saturated heterocycles. The van der Waals surface area contributed by atoms with E-state index in [4.69, 9.17) is 19.1 Å². The zero-order chi connectivity index (χ0) is 22.1. The van der Waals surface area contributed by atoms with Gasteiger partial charge in [0.1, 0.15) is 5.75 Å². The maximum Gasteiger partial charge on any atom is 0.289 e. The smallest absolute Gasteiger partial charge is 0.289 e. The summed E-state index contributed by atoms with van der Waals surface area (Å²) in [4.78, 5) is 28.9. The third kappa shape index (κ3) is 4.18. The summed E-state index contributed by atoms with van der Waals surface area (Å²) in [6, 6.07) is 11.3. The molecule has 1 fully saturated rings. The van der Waals surface area contributed by atoms with E-state index in [-0.39, 0.29) is 5.91 Å². The number of hydrogen-bond donors (Lipinski definition) is 0. The Labute approximate surface area is 187 Å². The van der Waals surface area contributed by atoms with Crippen LogP contribution in [0.25, 0.3) is 0 Å². The first kappa shape index (κ1) is 20.5. The summed E-state index contributed by atoms with van der Waals surface area (Å²) in [6.45, 7) is 6.71. The lowest BCUT2D eigenvalue weighted by molar-refractivity contribution is 0.0699. The summed E-state index contributed by atoms with van der Waals surface area (Å²) >= 11 is 0. The van der Waals surface area contributed by atoms with Gasteiger partial charge in [-0.05, 0) is 38.2 Å². The fourth-order valence-corrected chi connectivity index (χ4v) is 4.05. The number of anilines is 1. The van der Waals surface area contributed by atoms with Crippen molar-refractivity contribution in [3.8, 4) is 11.6 Å². The monoisotopic (exact) mass is 433 g/mol. The molecule has 0 radical (unpaired) electrons. The summed E-state index contributed by atoms with van der Waals surface area (Å²) < 4.78 is 11.6. The van der Waals surface area contributed by atoms with E-state index < -0.39 is 0 Å². The highest BCUT2D eigenvalue weighted by Crippen LogP contribution is 2.32. The second-order valence-electron chi connectivity index (χ2n) is 8.41. The first-order valence-electron chi connectivity index (χ1n) is 11.0. The minimum Gasteiger partial charge on any atom is -0.459 e. The van der Waals surface area contributed by atoms with Gasteiger partial charge in [0.15, 0.2) is 5.76 Å². The third-order valence-electron chi connectivity index (χ3n) is 6.05. The van der Waals surface area contributed by atoms with E-state index >= 15 is 0 Å². The van der Waals surface area contributed by atoms with E-state index in [2.05, 4.69) is 16.8 Å². The lowest BCUT2D eigenvalue weighted by atomic mass is 10.1. The van der Waals surface area contributed by atoms with Crippen molar-refractivity contribution in [1.29, 1.82) is 0 Å². The molecule has 8 nitrogen and oxygen atoms in total. The number of aryl methyl sites for hydroxylation is 1. The average Bonchev–Trinajstić information content (AvgIpc) is 3.35. The van der Waals surface area contributed by atoms with E-state index in [1.807, 2.05) is 31.2 Å². The summed E-state index contributed by atoms with van der Waals surface area (Å²) in [6.07, 6.45) is 2.16. The van der Waals surface area contributed by atoms with E-state index in [0.29, 0.717) is 37.1 Å². The Morgan fingerprint density at radius 3 is 2.53 bits per heavy atom. The minimum atomic E-state index is -0.134. The van der Waals surface area contributed by atoms with E-state index in [0.717, 1.165) is 48.7 Å². The van der Waals surface area contributed by atoms with Crippen molar-refractivity contribution < 1.29 is 13.9 Å². The van der Waals surface area contributed by atoms with Crippen molar-refractivity contribution in [2.45, 2.75) is 19.9 Å². The molecule has 0 atom stereocenters. The number of likely N-dealkylation sites (N-methyl/N-ethyl adjacent to an activating group) is 1. The Morgan fingerprint density at radius 2 is 1.81 bits per heavy atom. The fourth-order valence-electron chi connectivity index (χ4n) is 4.05. The second-order valence-corrected chi connectivity index (χ2v) is 8.41. The molecule has 166 valence electrons. The Morgan fingerprint density at radius 1 is 1.03 bits per heavy atom. The average molecular weight is 434 g/mol. The van der Waals surface area contributed by atoms with Crippen molar-refractivity contribution in [3.63, 3.8) is 0 Å². The highest BCUT2D eigenvalue weighted by atomic mass is 16.5. The molecule has 5 rings (SSSR count). The predicted molar refractivity (Wildman–Crippen MR) is 120 cm³/mol. The van der Waals surface area contributed by atoms with Gasteiger partial charge in [-0.1, -0.05) is 17.7 Å². The molecule has 32 heavy (non-hydrogen) atoms. The van der Waals surface area contributed by atoms with Crippen LogP contribution in [0.5, 0.6) is 11.6 Å². The zero-order valence-electron chi connectivity index (χ0n) is 18.5. The molecular formula is C24H27N5O3. The number of rotatable bonds is 4. The predicted octanol–water partition coefficient (Wildman–Crippen LogP) is 3.12. The lowest BCUT2D eigenvalue weighted by Gasteiger charge is -2.34. The van der Waals surface area contributed by atoms with Crippen LogP contribution < -0.4 is 9.64 Å². The van der Waals surface area contributed by atoms with Crippen LogP contribution >= 0.6 is 0 Å². The first-order chi connectivity index (χ1) is 15.6. The van der Waals surface area contributed by atoms with Gasteiger partial charge in [0.2, 0.25) is 11.8 Å². The minimum absolute atomic E-state index is 0.134. The molecule has 0 bridgehead atoms. The van der Waals surface area contributed by atoms with Crippen LogP contribution in [0.3, 0.4) is 0 Å². The van der Waals surface area contributed by atoms with Gasteiger partial charge in [0, 0.05) is 39.1 Å².